The molecule has 45 heavy (non-hydrogen) atoms. The molecule has 4 aromatic rings. The number of carbonyl (C=O) groups excluding carboxylic acids is 1. The Bertz CT molecular complexity index is 1970. The van der Waals surface area contributed by atoms with Gasteiger partial charge in [0.05, 0.1) is 21.9 Å². The number of fused-ring (bicyclic) bond motifs is 1. The molecule has 11 heteroatoms. The molecule has 0 bridgehead atoms. The summed E-state index contributed by atoms with van der Waals surface area (Å²) in [5, 5.41) is 0.385. The van der Waals surface area contributed by atoms with Crippen molar-refractivity contribution in [2.75, 3.05) is 6.54 Å². The number of Topliss-reactive ketones (excluding diaryl/α,β-unsaturated/α-hetero) is 1. The van der Waals surface area contributed by atoms with Crippen molar-refractivity contribution in [1.82, 2.24) is 8.61 Å². The molecular weight excluding hydrogens is 635 g/mol. The third-order valence-electron chi connectivity index (χ3n) is 8.82. The Hall–Kier alpha value is -3.41. The van der Waals surface area contributed by atoms with Crippen LogP contribution in [0.5, 0.6) is 0 Å². The summed E-state index contributed by atoms with van der Waals surface area (Å²) in [6, 6.07) is 22.5. The van der Waals surface area contributed by atoms with Crippen LogP contribution in [0.25, 0.3) is 0 Å². The van der Waals surface area contributed by atoms with E-state index in [-0.39, 0.29) is 40.5 Å². The van der Waals surface area contributed by atoms with E-state index in [1.807, 2.05) is 13.8 Å². The average molecular weight is 667 g/mol. The average Bonchev–Trinajstić information content (AvgIpc) is 3.01. The fourth-order valence-corrected chi connectivity index (χ4v) is 10.2. The fourth-order valence-electron chi connectivity index (χ4n) is 6.51. The number of carbonyl (C=O) groups is 1. The Morgan fingerprint density at radius 1 is 0.756 bits per heavy atom. The van der Waals surface area contributed by atoms with Gasteiger partial charge < -0.3 is 0 Å². The summed E-state index contributed by atoms with van der Waals surface area (Å²) >= 11 is 6.37. The fraction of sp³-hybridized carbons (Fsp3) is 0.265. The van der Waals surface area contributed by atoms with Crippen LogP contribution in [-0.2, 0) is 24.8 Å². The first-order chi connectivity index (χ1) is 21.4. The highest BCUT2D eigenvalue weighted by Crippen LogP contribution is 2.48. The molecule has 2 aliphatic rings. The summed E-state index contributed by atoms with van der Waals surface area (Å²) in [6.45, 7) is 3.45. The van der Waals surface area contributed by atoms with Crippen LogP contribution in [0.15, 0.2) is 107 Å². The van der Waals surface area contributed by atoms with E-state index in [0.29, 0.717) is 10.6 Å². The molecule has 0 aromatic heterocycles. The quantitative estimate of drug-likeness (QED) is 0.231. The van der Waals surface area contributed by atoms with E-state index in [9.17, 15) is 21.6 Å². The first-order valence-corrected chi connectivity index (χ1v) is 17.8. The normalized spacial score (nSPS) is 23.1. The van der Waals surface area contributed by atoms with Gasteiger partial charge in [-0.05, 0) is 68.3 Å². The molecule has 0 amide bonds. The molecule has 2 fully saturated rings. The lowest BCUT2D eigenvalue weighted by atomic mass is 9.77. The van der Waals surface area contributed by atoms with Crippen molar-refractivity contribution in [1.29, 1.82) is 0 Å². The van der Waals surface area contributed by atoms with Crippen LogP contribution in [-0.4, -0.2) is 43.8 Å². The lowest BCUT2D eigenvalue weighted by molar-refractivity contribution is -0.132. The summed E-state index contributed by atoms with van der Waals surface area (Å²) in [5.74, 6) is -1.93. The van der Waals surface area contributed by atoms with Crippen LogP contribution < -0.4 is 0 Å². The van der Waals surface area contributed by atoms with Crippen molar-refractivity contribution in [3.63, 3.8) is 0 Å². The highest BCUT2D eigenvalue weighted by atomic mass is 35.5. The standard InChI is InChI=1S/C34H32ClFN2O5S2/c1-22-10-14-26(15-11-22)44(40,41)37-21-29-32(19-31(37)24-6-5-7-25(35)18-24)38(45(42,43)27-16-12-23(2)13-17-27)33(20-34(29)39)28-8-3-4-9-30(28)36/h3-18,29,31-33H,19-21H2,1-2H3/t29-,31+,32+,33?/m1/s1. The minimum absolute atomic E-state index is 0.0107. The van der Waals surface area contributed by atoms with Gasteiger partial charge in [-0.15, -0.1) is 0 Å². The Morgan fingerprint density at radius 2 is 1.36 bits per heavy atom. The van der Waals surface area contributed by atoms with Crippen LogP contribution in [0.4, 0.5) is 4.39 Å². The van der Waals surface area contributed by atoms with Crippen LogP contribution in [0, 0.1) is 25.6 Å². The van der Waals surface area contributed by atoms with Crippen molar-refractivity contribution < 1.29 is 26.0 Å². The zero-order chi connectivity index (χ0) is 32.1. The van der Waals surface area contributed by atoms with Crippen molar-refractivity contribution in [2.24, 2.45) is 5.92 Å². The van der Waals surface area contributed by atoms with E-state index in [1.165, 1.54) is 51.1 Å². The van der Waals surface area contributed by atoms with Crippen molar-refractivity contribution in [3.05, 3.63) is 130 Å². The molecule has 0 N–H and O–H groups in total. The van der Waals surface area contributed by atoms with Gasteiger partial charge in [-0.2, -0.15) is 8.61 Å². The van der Waals surface area contributed by atoms with Gasteiger partial charge in [0.1, 0.15) is 11.6 Å². The van der Waals surface area contributed by atoms with E-state index < -0.39 is 49.9 Å². The number of hydrogen-bond acceptors (Lipinski definition) is 5. The first-order valence-electron chi connectivity index (χ1n) is 14.6. The predicted molar refractivity (Wildman–Crippen MR) is 170 cm³/mol. The number of benzene rings is 4. The second-order valence-electron chi connectivity index (χ2n) is 11.7. The number of sulfonamides is 2. The second-order valence-corrected chi connectivity index (χ2v) is 15.9. The van der Waals surface area contributed by atoms with Crippen LogP contribution in [0.1, 0.15) is 47.2 Å². The smallest absolute Gasteiger partial charge is 0.243 e. The minimum atomic E-state index is -4.29. The summed E-state index contributed by atoms with van der Waals surface area (Å²) in [5.41, 5.74) is 2.40. The zero-order valence-corrected chi connectivity index (χ0v) is 27.1. The number of nitrogens with zero attached hydrogens (tertiary/aromatic N) is 2. The summed E-state index contributed by atoms with van der Waals surface area (Å²) in [7, 11) is -8.43. The SMILES string of the molecule is Cc1ccc(S(=O)(=O)N2C[C@H]3C(=O)CC(c4ccccc4F)N(S(=O)(=O)c4ccc(C)cc4)[C@H]3C[C@H]2c2cccc(Cl)c2)cc1. The molecule has 2 aliphatic heterocycles. The van der Waals surface area contributed by atoms with Gasteiger partial charge in [0.25, 0.3) is 0 Å². The van der Waals surface area contributed by atoms with E-state index in [4.69, 9.17) is 11.6 Å². The Kier molecular flexibility index (Phi) is 8.47. The van der Waals surface area contributed by atoms with Crippen LogP contribution in [0.2, 0.25) is 5.02 Å². The maximum absolute atomic E-state index is 15.3. The topological polar surface area (TPSA) is 91.8 Å². The minimum Gasteiger partial charge on any atom is -0.299 e. The molecule has 1 unspecified atom stereocenters. The lowest BCUT2D eigenvalue weighted by Crippen LogP contribution is -2.61. The van der Waals surface area contributed by atoms with Crippen molar-refractivity contribution in [2.45, 2.75) is 54.6 Å². The molecule has 2 saturated heterocycles. The molecule has 4 aromatic carbocycles. The summed E-state index contributed by atoms with van der Waals surface area (Å²) < 4.78 is 75.3. The highest BCUT2D eigenvalue weighted by Gasteiger charge is 2.54. The number of ketones is 1. The Morgan fingerprint density at radius 3 is 1.96 bits per heavy atom. The van der Waals surface area contributed by atoms with Crippen LogP contribution in [0.3, 0.4) is 0 Å². The molecule has 7 nitrogen and oxygen atoms in total. The maximum Gasteiger partial charge on any atom is 0.243 e. The second kappa shape index (κ2) is 12.1. The molecule has 6 rings (SSSR count). The van der Waals surface area contributed by atoms with Gasteiger partial charge in [-0.25, -0.2) is 21.2 Å². The van der Waals surface area contributed by atoms with Crippen molar-refractivity contribution in [3.8, 4) is 0 Å². The van der Waals surface area contributed by atoms with E-state index in [2.05, 4.69) is 0 Å². The van der Waals surface area contributed by atoms with Crippen molar-refractivity contribution >= 4 is 37.4 Å². The van der Waals surface area contributed by atoms with Gasteiger partial charge >= 0.3 is 0 Å². The number of hydrogen-bond donors (Lipinski definition) is 0. The molecular formula is C34H32ClFN2O5S2. The molecule has 234 valence electrons. The Labute approximate surface area is 268 Å². The number of halogens is 2. The first kappa shape index (κ1) is 31.6. The monoisotopic (exact) mass is 666 g/mol. The van der Waals surface area contributed by atoms with Gasteiger partial charge in [0.2, 0.25) is 20.0 Å². The molecule has 0 spiro atoms. The van der Waals surface area contributed by atoms with Gasteiger partial charge in [0.15, 0.2) is 0 Å². The van der Waals surface area contributed by atoms with E-state index >= 15 is 4.39 Å². The van der Waals surface area contributed by atoms with E-state index in [1.54, 1.807) is 54.6 Å². The number of rotatable bonds is 6. The summed E-state index contributed by atoms with van der Waals surface area (Å²) in [6.07, 6.45) is -0.342. The van der Waals surface area contributed by atoms with Gasteiger partial charge in [-0.3, -0.25) is 4.79 Å². The maximum atomic E-state index is 15.3. The number of piperidine rings is 2. The predicted octanol–water partition coefficient (Wildman–Crippen LogP) is 6.62. The largest absolute Gasteiger partial charge is 0.299 e. The Balaban J connectivity index is 1.52. The third-order valence-corrected chi connectivity index (χ3v) is 12.9. The van der Waals surface area contributed by atoms with E-state index in [0.717, 1.165) is 11.1 Å². The highest BCUT2D eigenvalue weighted by molar-refractivity contribution is 7.89. The zero-order valence-electron chi connectivity index (χ0n) is 24.7. The molecule has 0 aliphatic carbocycles. The summed E-state index contributed by atoms with van der Waals surface area (Å²) in [4.78, 5) is 14.0. The molecule has 4 atom stereocenters. The van der Waals surface area contributed by atoms with Gasteiger partial charge in [-0.1, -0.05) is 77.3 Å². The molecule has 0 radical (unpaired) electrons. The molecule has 2 heterocycles. The molecule has 0 saturated carbocycles. The lowest BCUT2D eigenvalue weighted by Gasteiger charge is -2.51. The number of aryl methyl sites for hydroxylation is 2. The van der Waals surface area contributed by atoms with Crippen LogP contribution >= 0.6 is 11.6 Å². The van der Waals surface area contributed by atoms with Gasteiger partial charge in [0, 0.05) is 35.5 Å². The third kappa shape index (κ3) is 5.86.